The van der Waals surface area contributed by atoms with Gasteiger partial charge in [0.2, 0.25) is 5.91 Å². The normalized spacial score (nSPS) is 11.0. The van der Waals surface area contributed by atoms with Gasteiger partial charge in [-0.05, 0) is 31.9 Å². The zero-order valence-electron chi connectivity index (χ0n) is 13.4. The van der Waals surface area contributed by atoms with Crippen LogP contribution in [0.2, 0.25) is 0 Å². The Labute approximate surface area is 131 Å². The number of carbonyl (C=O) groups is 2. The maximum absolute atomic E-state index is 11.8. The second-order valence-corrected chi connectivity index (χ2v) is 5.69. The molecule has 6 heteroatoms. The fourth-order valence-corrected chi connectivity index (χ4v) is 1.71. The van der Waals surface area contributed by atoms with Gasteiger partial charge in [0.1, 0.15) is 0 Å². The van der Waals surface area contributed by atoms with E-state index >= 15 is 0 Å². The fourth-order valence-electron chi connectivity index (χ4n) is 1.71. The van der Waals surface area contributed by atoms with Crippen LogP contribution in [0.15, 0.2) is 24.3 Å². The molecule has 4 N–H and O–H groups in total. The number of urea groups is 1. The Balaban J connectivity index is 2.49. The SMILES string of the molecule is CCOCc1ccccc1CNC(=O)NCC(C)(C)C(N)=O. The number of amides is 3. The average Bonchev–Trinajstić information content (AvgIpc) is 2.49. The summed E-state index contributed by atoms with van der Waals surface area (Å²) in [6, 6.07) is 7.44. The third kappa shape index (κ3) is 5.73. The molecular formula is C16H25N3O3. The monoisotopic (exact) mass is 307 g/mol. The van der Waals surface area contributed by atoms with Gasteiger partial charge in [-0.2, -0.15) is 0 Å². The van der Waals surface area contributed by atoms with Crippen LogP contribution in [0.4, 0.5) is 4.79 Å². The number of nitrogens with one attached hydrogen (secondary N) is 2. The van der Waals surface area contributed by atoms with Crippen molar-refractivity contribution in [1.82, 2.24) is 10.6 Å². The van der Waals surface area contributed by atoms with E-state index < -0.39 is 11.3 Å². The zero-order chi connectivity index (χ0) is 16.6. The first kappa shape index (κ1) is 18.0. The number of nitrogens with two attached hydrogens (primary N) is 1. The van der Waals surface area contributed by atoms with Crippen LogP contribution in [0.25, 0.3) is 0 Å². The molecule has 1 rings (SSSR count). The Morgan fingerprint density at radius 3 is 2.41 bits per heavy atom. The van der Waals surface area contributed by atoms with Crippen molar-refractivity contribution in [3.63, 3.8) is 0 Å². The molecule has 0 saturated heterocycles. The molecule has 1 aromatic carbocycles. The fraction of sp³-hybridized carbons (Fsp3) is 0.500. The van der Waals surface area contributed by atoms with E-state index in [1.807, 2.05) is 31.2 Å². The van der Waals surface area contributed by atoms with E-state index in [1.54, 1.807) is 13.8 Å². The molecule has 0 spiro atoms. The minimum atomic E-state index is -0.774. The molecule has 0 heterocycles. The maximum atomic E-state index is 11.8. The lowest BCUT2D eigenvalue weighted by Crippen LogP contribution is -2.45. The predicted molar refractivity (Wildman–Crippen MR) is 85.0 cm³/mol. The lowest BCUT2D eigenvalue weighted by molar-refractivity contribution is -0.125. The Kier molecular flexibility index (Phi) is 6.85. The van der Waals surface area contributed by atoms with Crippen molar-refractivity contribution < 1.29 is 14.3 Å². The van der Waals surface area contributed by atoms with Gasteiger partial charge >= 0.3 is 6.03 Å². The van der Waals surface area contributed by atoms with E-state index in [4.69, 9.17) is 10.5 Å². The average molecular weight is 307 g/mol. The van der Waals surface area contributed by atoms with Crippen LogP contribution < -0.4 is 16.4 Å². The van der Waals surface area contributed by atoms with E-state index in [9.17, 15) is 9.59 Å². The first-order chi connectivity index (χ1) is 10.4. The van der Waals surface area contributed by atoms with E-state index in [1.165, 1.54) is 0 Å². The van der Waals surface area contributed by atoms with Crippen LogP contribution in [-0.4, -0.2) is 25.1 Å². The van der Waals surface area contributed by atoms with Crippen LogP contribution in [0.3, 0.4) is 0 Å². The van der Waals surface area contributed by atoms with Crippen molar-refractivity contribution in [2.45, 2.75) is 33.9 Å². The van der Waals surface area contributed by atoms with Gasteiger partial charge in [0, 0.05) is 19.7 Å². The number of carbonyl (C=O) groups excluding carboxylic acids is 2. The standard InChI is InChI=1S/C16H25N3O3/c1-4-22-10-13-8-6-5-7-12(13)9-18-15(21)19-11-16(2,3)14(17)20/h5-8H,4,9-11H2,1-3H3,(H2,17,20)(H2,18,19,21). The molecule has 0 bridgehead atoms. The largest absolute Gasteiger partial charge is 0.377 e. The van der Waals surface area contributed by atoms with Gasteiger partial charge in [0.15, 0.2) is 0 Å². The highest BCUT2D eigenvalue weighted by Crippen LogP contribution is 2.12. The van der Waals surface area contributed by atoms with Crippen LogP contribution in [-0.2, 0) is 22.7 Å². The summed E-state index contributed by atoms with van der Waals surface area (Å²) in [6.45, 7) is 7.06. The number of hydrogen-bond acceptors (Lipinski definition) is 3. The zero-order valence-corrected chi connectivity index (χ0v) is 13.4. The van der Waals surface area contributed by atoms with E-state index in [-0.39, 0.29) is 12.6 Å². The number of primary amides is 1. The first-order valence-corrected chi connectivity index (χ1v) is 7.33. The summed E-state index contributed by atoms with van der Waals surface area (Å²) < 4.78 is 5.41. The Morgan fingerprint density at radius 2 is 1.82 bits per heavy atom. The van der Waals surface area contributed by atoms with Crippen molar-refractivity contribution in [2.24, 2.45) is 11.1 Å². The highest BCUT2D eigenvalue weighted by molar-refractivity contribution is 5.81. The van der Waals surface area contributed by atoms with Gasteiger partial charge in [0.25, 0.3) is 0 Å². The van der Waals surface area contributed by atoms with Gasteiger partial charge in [0.05, 0.1) is 12.0 Å². The molecule has 1 aromatic rings. The molecule has 6 nitrogen and oxygen atoms in total. The van der Waals surface area contributed by atoms with Gasteiger partial charge in [-0.25, -0.2) is 4.79 Å². The summed E-state index contributed by atoms with van der Waals surface area (Å²) in [6.07, 6.45) is 0. The summed E-state index contributed by atoms with van der Waals surface area (Å²) in [5.41, 5.74) is 6.53. The molecule has 0 saturated carbocycles. The Bertz CT molecular complexity index is 515. The lowest BCUT2D eigenvalue weighted by atomic mass is 9.93. The molecule has 0 fully saturated rings. The van der Waals surface area contributed by atoms with Gasteiger partial charge in [-0.1, -0.05) is 24.3 Å². The summed E-state index contributed by atoms with van der Waals surface area (Å²) in [4.78, 5) is 23.0. The van der Waals surface area contributed by atoms with Crippen LogP contribution >= 0.6 is 0 Å². The first-order valence-electron chi connectivity index (χ1n) is 7.33. The smallest absolute Gasteiger partial charge is 0.315 e. The summed E-state index contributed by atoms with van der Waals surface area (Å²) in [5, 5.41) is 5.42. The lowest BCUT2D eigenvalue weighted by Gasteiger charge is -2.21. The molecule has 3 amide bonds. The minimum absolute atomic E-state index is 0.189. The van der Waals surface area contributed by atoms with Crippen molar-refractivity contribution in [1.29, 1.82) is 0 Å². The number of hydrogen-bond donors (Lipinski definition) is 3. The molecule has 122 valence electrons. The highest BCUT2D eigenvalue weighted by atomic mass is 16.5. The van der Waals surface area contributed by atoms with Crippen LogP contribution in [0.5, 0.6) is 0 Å². The van der Waals surface area contributed by atoms with Gasteiger partial charge < -0.3 is 21.1 Å². The summed E-state index contributed by atoms with van der Waals surface area (Å²) in [5.74, 6) is -0.449. The Hall–Kier alpha value is -2.08. The van der Waals surface area contributed by atoms with Crippen LogP contribution in [0.1, 0.15) is 31.9 Å². The maximum Gasteiger partial charge on any atom is 0.315 e. The molecule has 0 aliphatic carbocycles. The van der Waals surface area contributed by atoms with Crippen molar-refractivity contribution in [3.8, 4) is 0 Å². The van der Waals surface area contributed by atoms with Crippen molar-refractivity contribution >= 4 is 11.9 Å². The summed E-state index contributed by atoms with van der Waals surface area (Å²) in [7, 11) is 0. The molecule has 0 radical (unpaired) electrons. The second kappa shape index (κ2) is 8.38. The number of ether oxygens (including phenoxy) is 1. The van der Waals surface area contributed by atoms with Crippen molar-refractivity contribution in [2.75, 3.05) is 13.2 Å². The molecule has 22 heavy (non-hydrogen) atoms. The quantitative estimate of drug-likeness (QED) is 0.680. The second-order valence-electron chi connectivity index (χ2n) is 5.69. The molecular weight excluding hydrogens is 282 g/mol. The predicted octanol–water partition coefficient (Wildman–Crippen LogP) is 1.53. The third-order valence-electron chi connectivity index (χ3n) is 3.38. The molecule has 0 aliphatic heterocycles. The molecule has 0 aromatic heterocycles. The topological polar surface area (TPSA) is 93.4 Å². The number of rotatable bonds is 8. The third-order valence-corrected chi connectivity index (χ3v) is 3.38. The van der Waals surface area contributed by atoms with Gasteiger partial charge in [-0.3, -0.25) is 4.79 Å². The van der Waals surface area contributed by atoms with Crippen molar-refractivity contribution in [3.05, 3.63) is 35.4 Å². The minimum Gasteiger partial charge on any atom is -0.377 e. The van der Waals surface area contributed by atoms with E-state index in [2.05, 4.69) is 10.6 Å². The highest BCUT2D eigenvalue weighted by Gasteiger charge is 2.25. The van der Waals surface area contributed by atoms with E-state index in [0.29, 0.717) is 19.8 Å². The summed E-state index contributed by atoms with van der Waals surface area (Å²) >= 11 is 0. The molecule has 0 atom stereocenters. The molecule has 0 aliphatic rings. The Morgan fingerprint density at radius 1 is 1.18 bits per heavy atom. The van der Waals surface area contributed by atoms with E-state index in [0.717, 1.165) is 11.1 Å². The number of benzene rings is 1. The van der Waals surface area contributed by atoms with Gasteiger partial charge in [-0.15, -0.1) is 0 Å². The molecule has 0 unspecified atom stereocenters. The van der Waals surface area contributed by atoms with Crippen LogP contribution in [0, 0.1) is 5.41 Å².